The number of sulfonamides is 1. The van der Waals surface area contributed by atoms with Crippen LogP contribution in [0.15, 0.2) is 35.2 Å². The van der Waals surface area contributed by atoms with Crippen LogP contribution in [0.1, 0.15) is 25.7 Å². The number of hydrogen-bond acceptors (Lipinski definition) is 3. The lowest BCUT2D eigenvalue weighted by atomic mass is 9.76. The summed E-state index contributed by atoms with van der Waals surface area (Å²) in [6, 6.07) is 7.03. The summed E-state index contributed by atoms with van der Waals surface area (Å²) in [6.07, 6.45) is 3.14. The molecule has 1 N–H and O–H groups in total. The highest BCUT2D eigenvalue weighted by atomic mass is 32.2. The first-order valence-corrected chi connectivity index (χ1v) is 8.27. The molecule has 2 heterocycles. The first-order chi connectivity index (χ1) is 9.51. The highest BCUT2D eigenvalue weighted by Crippen LogP contribution is 2.42. The zero-order valence-electron chi connectivity index (χ0n) is 11.0. The van der Waals surface area contributed by atoms with E-state index in [0.717, 1.165) is 25.7 Å². The Bertz CT molecular complexity index is 605. The maximum absolute atomic E-state index is 12.8. The average molecular weight is 295 g/mol. The number of carbonyl (C=O) groups is 1. The third-order valence-corrected chi connectivity index (χ3v) is 6.34. The third kappa shape index (κ3) is 2.03. The van der Waals surface area contributed by atoms with Gasteiger partial charge in [-0.2, -0.15) is 4.31 Å². The molecule has 20 heavy (non-hydrogen) atoms. The van der Waals surface area contributed by atoms with E-state index in [0.29, 0.717) is 0 Å². The normalized spacial score (nSPS) is 30.3. The lowest BCUT2D eigenvalue weighted by molar-refractivity contribution is -0.147. The molecule has 0 radical (unpaired) electrons. The van der Waals surface area contributed by atoms with Gasteiger partial charge in [-0.05, 0) is 43.7 Å². The molecule has 0 amide bonds. The predicted octanol–water partition coefficient (Wildman–Crippen LogP) is 1.70. The van der Waals surface area contributed by atoms with Crippen molar-refractivity contribution in [3.8, 4) is 0 Å². The first kappa shape index (κ1) is 13.6. The Hall–Kier alpha value is -1.40. The Morgan fingerprint density at radius 2 is 1.70 bits per heavy atom. The number of fused-ring (bicyclic) bond motifs is 3. The van der Waals surface area contributed by atoms with Gasteiger partial charge in [0.1, 0.15) is 6.04 Å². The lowest BCUT2D eigenvalue weighted by Crippen LogP contribution is -2.60. The topological polar surface area (TPSA) is 74.7 Å². The molecular formula is C14H17NO4S. The van der Waals surface area contributed by atoms with Gasteiger partial charge in [0.25, 0.3) is 0 Å². The molecule has 1 aliphatic carbocycles. The van der Waals surface area contributed by atoms with Gasteiger partial charge in [-0.3, -0.25) is 4.79 Å². The predicted molar refractivity (Wildman–Crippen MR) is 72.6 cm³/mol. The van der Waals surface area contributed by atoms with Crippen LogP contribution in [-0.4, -0.2) is 35.9 Å². The highest BCUT2D eigenvalue weighted by molar-refractivity contribution is 7.89. The number of piperidine rings is 2. The fourth-order valence-electron chi connectivity index (χ4n) is 3.48. The summed E-state index contributed by atoms with van der Waals surface area (Å²) < 4.78 is 26.8. The molecule has 0 aromatic heterocycles. The van der Waals surface area contributed by atoms with Gasteiger partial charge in [0.15, 0.2) is 0 Å². The molecule has 1 saturated carbocycles. The second-order valence-corrected chi connectivity index (χ2v) is 7.34. The Kier molecular flexibility index (Phi) is 3.30. The second kappa shape index (κ2) is 4.86. The van der Waals surface area contributed by atoms with Gasteiger partial charge in [0.2, 0.25) is 10.0 Å². The number of hydrogen-bond donors (Lipinski definition) is 1. The molecule has 1 aromatic rings. The van der Waals surface area contributed by atoms with Crippen molar-refractivity contribution in [3.63, 3.8) is 0 Å². The van der Waals surface area contributed by atoms with Crippen molar-refractivity contribution in [2.24, 2.45) is 5.92 Å². The minimum absolute atomic E-state index is 0.0593. The van der Waals surface area contributed by atoms with Gasteiger partial charge >= 0.3 is 5.97 Å². The summed E-state index contributed by atoms with van der Waals surface area (Å²) in [6.45, 7) is 0. The number of rotatable bonds is 3. The maximum atomic E-state index is 12.8. The van der Waals surface area contributed by atoms with E-state index < -0.39 is 22.0 Å². The van der Waals surface area contributed by atoms with Gasteiger partial charge in [-0.25, -0.2) is 8.42 Å². The third-order valence-electron chi connectivity index (χ3n) is 4.39. The zero-order valence-corrected chi connectivity index (χ0v) is 11.8. The van der Waals surface area contributed by atoms with E-state index in [1.807, 2.05) is 0 Å². The average Bonchev–Trinajstić information content (AvgIpc) is 2.48. The summed E-state index contributed by atoms with van der Waals surface area (Å²) in [5.41, 5.74) is 0. The smallest absolute Gasteiger partial charge is 0.322 e. The Morgan fingerprint density at radius 1 is 1.10 bits per heavy atom. The van der Waals surface area contributed by atoms with Crippen molar-refractivity contribution in [1.29, 1.82) is 0 Å². The summed E-state index contributed by atoms with van der Waals surface area (Å²) in [5, 5.41) is 9.43. The van der Waals surface area contributed by atoms with E-state index in [1.54, 1.807) is 18.2 Å². The molecular weight excluding hydrogens is 278 g/mol. The number of aliphatic carboxylic acids is 1. The van der Waals surface area contributed by atoms with Gasteiger partial charge in [0.05, 0.1) is 4.90 Å². The number of carboxylic acids is 1. The van der Waals surface area contributed by atoms with E-state index in [4.69, 9.17) is 0 Å². The van der Waals surface area contributed by atoms with Gasteiger partial charge < -0.3 is 5.11 Å². The largest absolute Gasteiger partial charge is 0.480 e. The van der Waals surface area contributed by atoms with Crippen LogP contribution in [0.4, 0.5) is 0 Å². The van der Waals surface area contributed by atoms with Crippen LogP contribution in [0.3, 0.4) is 0 Å². The van der Waals surface area contributed by atoms with Crippen LogP contribution in [0, 0.1) is 5.92 Å². The number of benzene rings is 1. The molecule has 5 nitrogen and oxygen atoms in total. The monoisotopic (exact) mass is 295 g/mol. The molecule has 2 bridgehead atoms. The van der Waals surface area contributed by atoms with Crippen LogP contribution < -0.4 is 0 Å². The molecule has 3 aliphatic rings. The maximum Gasteiger partial charge on any atom is 0.322 e. The molecule has 1 atom stereocenters. The van der Waals surface area contributed by atoms with Crippen LogP contribution in [0.2, 0.25) is 0 Å². The lowest BCUT2D eigenvalue weighted by Gasteiger charge is -2.48. The minimum Gasteiger partial charge on any atom is -0.480 e. The fourth-order valence-corrected chi connectivity index (χ4v) is 5.39. The van der Waals surface area contributed by atoms with E-state index in [2.05, 4.69) is 0 Å². The minimum atomic E-state index is -3.73. The van der Waals surface area contributed by atoms with Gasteiger partial charge in [-0.15, -0.1) is 0 Å². The highest BCUT2D eigenvalue weighted by Gasteiger charge is 2.51. The van der Waals surface area contributed by atoms with Crippen molar-refractivity contribution in [2.75, 3.05) is 0 Å². The van der Waals surface area contributed by atoms with E-state index in [9.17, 15) is 18.3 Å². The molecule has 1 unspecified atom stereocenters. The molecule has 2 saturated heterocycles. The van der Waals surface area contributed by atoms with Crippen LogP contribution in [-0.2, 0) is 14.8 Å². The van der Waals surface area contributed by atoms with E-state index >= 15 is 0 Å². The zero-order chi connectivity index (χ0) is 14.3. The Labute approximate surface area is 118 Å². The molecule has 0 spiro atoms. The second-order valence-electron chi connectivity index (χ2n) is 5.50. The SMILES string of the molecule is O=C(O)C1C2CCC(CC2)N1S(=O)(=O)c1ccccc1. The number of carboxylic acid groups (broad SMARTS) is 1. The molecule has 2 aliphatic heterocycles. The standard InChI is InChI=1S/C14H17NO4S/c16-14(17)13-10-6-8-11(9-7-10)15(13)20(18,19)12-4-2-1-3-5-12/h1-5,10-11,13H,6-9H2,(H,16,17). The summed E-state index contributed by atoms with van der Waals surface area (Å²) in [7, 11) is -3.73. The molecule has 1 aromatic carbocycles. The Morgan fingerprint density at radius 3 is 2.25 bits per heavy atom. The van der Waals surface area contributed by atoms with Crippen molar-refractivity contribution < 1.29 is 18.3 Å². The molecule has 108 valence electrons. The summed E-state index contributed by atoms with van der Waals surface area (Å²) in [4.78, 5) is 11.7. The van der Waals surface area contributed by atoms with Gasteiger partial charge in [-0.1, -0.05) is 18.2 Å². The van der Waals surface area contributed by atoms with Crippen molar-refractivity contribution in [1.82, 2.24) is 4.31 Å². The molecule has 6 heteroatoms. The molecule has 4 rings (SSSR count). The number of nitrogens with zero attached hydrogens (tertiary/aromatic N) is 1. The van der Waals surface area contributed by atoms with Crippen molar-refractivity contribution in [2.45, 2.75) is 42.7 Å². The van der Waals surface area contributed by atoms with Crippen LogP contribution in [0.25, 0.3) is 0 Å². The van der Waals surface area contributed by atoms with E-state index in [1.165, 1.54) is 16.4 Å². The van der Waals surface area contributed by atoms with Gasteiger partial charge in [0, 0.05) is 6.04 Å². The summed E-state index contributed by atoms with van der Waals surface area (Å²) >= 11 is 0. The van der Waals surface area contributed by atoms with Crippen LogP contribution in [0.5, 0.6) is 0 Å². The molecule has 3 fully saturated rings. The van der Waals surface area contributed by atoms with Crippen LogP contribution >= 0.6 is 0 Å². The van der Waals surface area contributed by atoms with E-state index in [-0.39, 0.29) is 16.9 Å². The quantitative estimate of drug-likeness (QED) is 0.921. The van der Waals surface area contributed by atoms with Crippen molar-refractivity contribution >= 4 is 16.0 Å². The van der Waals surface area contributed by atoms with Crippen molar-refractivity contribution in [3.05, 3.63) is 30.3 Å². The first-order valence-electron chi connectivity index (χ1n) is 6.83. The summed E-state index contributed by atoms with van der Waals surface area (Å²) in [5.74, 6) is -1.09. The Balaban J connectivity index is 2.05. The fraction of sp³-hybridized carbons (Fsp3) is 0.500.